The smallest absolute Gasteiger partial charge is 0.166 e. The number of rotatable bonds is 8. The summed E-state index contributed by atoms with van der Waals surface area (Å²) in [5.41, 5.74) is 7.75. The van der Waals surface area contributed by atoms with Gasteiger partial charge >= 0.3 is 0 Å². The quantitative estimate of drug-likeness (QED) is 0.721. The Morgan fingerprint density at radius 3 is 2.39 bits per heavy atom. The van der Waals surface area contributed by atoms with Crippen LogP contribution >= 0.6 is 0 Å². The molecule has 0 radical (unpaired) electrons. The van der Waals surface area contributed by atoms with E-state index < -0.39 is 0 Å². The summed E-state index contributed by atoms with van der Waals surface area (Å²) in [6, 6.07) is 4.13. The maximum absolute atomic E-state index is 5.51. The van der Waals surface area contributed by atoms with Crippen molar-refractivity contribution in [1.82, 2.24) is 0 Å². The van der Waals surface area contributed by atoms with E-state index in [2.05, 4.69) is 6.07 Å². The number of ether oxygens (including phenoxy) is 3. The van der Waals surface area contributed by atoms with Gasteiger partial charge in [-0.1, -0.05) is 0 Å². The summed E-state index contributed by atoms with van der Waals surface area (Å²) in [7, 11) is 4.97. The number of unbranched alkanes of at least 4 members (excludes halogenated alkanes) is 1. The van der Waals surface area contributed by atoms with Crippen LogP contribution in [0.3, 0.4) is 0 Å². The Morgan fingerprint density at radius 1 is 1.06 bits per heavy atom. The van der Waals surface area contributed by atoms with Gasteiger partial charge in [0.2, 0.25) is 0 Å². The minimum absolute atomic E-state index is 0.518. The normalized spacial score (nSPS) is 10.4. The fraction of sp³-hybridized carbons (Fsp3) is 0.571. The first kappa shape index (κ1) is 14.8. The molecule has 0 aliphatic carbocycles. The SMILES string of the molecule is COCc1cc(CCCCN)cc(OC)c1OC. The third-order valence-corrected chi connectivity index (χ3v) is 2.84. The summed E-state index contributed by atoms with van der Waals surface area (Å²) >= 11 is 0. The molecule has 0 spiro atoms. The fourth-order valence-corrected chi connectivity index (χ4v) is 1.99. The third-order valence-electron chi connectivity index (χ3n) is 2.84. The predicted molar refractivity (Wildman–Crippen MR) is 72.3 cm³/mol. The van der Waals surface area contributed by atoms with Gasteiger partial charge in [0.15, 0.2) is 11.5 Å². The first-order chi connectivity index (χ1) is 8.76. The standard InChI is InChI=1S/C14H23NO3/c1-16-10-12-8-11(6-4-5-7-15)9-13(17-2)14(12)18-3/h8-9H,4-7,10,15H2,1-3H3. The molecular formula is C14H23NO3. The van der Waals surface area contributed by atoms with Gasteiger partial charge in [-0.05, 0) is 43.5 Å². The molecule has 2 N–H and O–H groups in total. The lowest BCUT2D eigenvalue weighted by Gasteiger charge is -2.14. The molecule has 18 heavy (non-hydrogen) atoms. The van der Waals surface area contributed by atoms with Gasteiger partial charge in [0, 0.05) is 12.7 Å². The van der Waals surface area contributed by atoms with E-state index in [1.54, 1.807) is 21.3 Å². The summed E-state index contributed by atoms with van der Waals surface area (Å²) in [5, 5.41) is 0. The van der Waals surface area contributed by atoms with Gasteiger partial charge in [-0.15, -0.1) is 0 Å². The Kier molecular flexibility index (Phi) is 6.54. The van der Waals surface area contributed by atoms with Crippen molar-refractivity contribution in [1.29, 1.82) is 0 Å². The molecule has 0 aliphatic heterocycles. The zero-order valence-corrected chi connectivity index (χ0v) is 11.5. The van der Waals surface area contributed by atoms with Gasteiger partial charge in [0.1, 0.15) is 0 Å². The van der Waals surface area contributed by atoms with E-state index in [-0.39, 0.29) is 0 Å². The zero-order valence-electron chi connectivity index (χ0n) is 11.5. The number of methoxy groups -OCH3 is 3. The molecule has 1 aromatic rings. The largest absolute Gasteiger partial charge is 0.493 e. The summed E-state index contributed by atoms with van der Waals surface area (Å²) in [5.74, 6) is 1.51. The van der Waals surface area contributed by atoms with Crippen molar-refractivity contribution in [2.45, 2.75) is 25.9 Å². The summed E-state index contributed by atoms with van der Waals surface area (Å²) in [4.78, 5) is 0. The maximum Gasteiger partial charge on any atom is 0.166 e. The highest BCUT2D eigenvalue weighted by Crippen LogP contribution is 2.33. The van der Waals surface area contributed by atoms with Crippen molar-refractivity contribution >= 4 is 0 Å². The minimum atomic E-state index is 0.518. The van der Waals surface area contributed by atoms with Crippen LogP contribution in [-0.2, 0) is 17.8 Å². The highest BCUT2D eigenvalue weighted by molar-refractivity contribution is 5.49. The van der Waals surface area contributed by atoms with Crippen LogP contribution in [0.5, 0.6) is 11.5 Å². The van der Waals surface area contributed by atoms with Crippen LogP contribution in [0.25, 0.3) is 0 Å². The molecule has 0 aromatic heterocycles. The molecule has 1 aromatic carbocycles. The van der Waals surface area contributed by atoms with E-state index in [9.17, 15) is 0 Å². The van der Waals surface area contributed by atoms with Gasteiger partial charge in [-0.25, -0.2) is 0 Å². The Morgan fingerprint density at radius 2 is 1.83 bits per heavy atom. The lowest BCUT2D eigenvalue weighted by molar-refractivity contribution is 0.180. The molecule has 0 saturated carbocycles. The number of hydrogen-bond donors (Lipinski definition) is 1. The van der Waals surface area contributed by atoms with Crippen LogP contribution in [0.2, 0.25) is 0 Å². The van der Waals surface area contributed by atoms with Crippen LogP contribution in [0.4, 0.5) is 0 Å². The molecule has 0 fully saturated rings. The van der Waals surface area contributed by atoms with E-state index in [0.717, 1.165) is 42.9 Å². The van der Waals surface area contributed by atoms with Crippen LogP contribution < -0.4 is 15.2 Å². The second-order valence-electron chi connectivity index (χ2n) is 4.17. The first-order valence-corrected chi connectivity index (χ1v) is 6.19. The predicted octanol–water partition coefficient (Wildman–Crippen LogP) is 2.13. The van der Waals surface area contributed by atoms with Gasteiger partial charge in [-0.2, -0.15) is 0 Å². The van der Waals surface area contributed by atoms with Crippen molar-refractivity contribution in [2.24, 2.45) is 5.73 Å². The zero-order chi connectivity index (χ0) is 13.4. The summed E-state index contributed by atoms with van der Waals surface area (Å²) in [6.45, 7) is 1.25. The van der Waals surface area contributed by atoms with E-state index >= 15 is 0 Å². The molecule has 0 atom stereocenters. The second-order valence-corrected chi connectivity index (χ2v) is 4.17. The Balaban J connectivity index is 2.95. The fourth-order valence-electron chi connectivity index (χ4n) is 1.99. The third kappa shape index (κ3) is 3.89. The first-order valence-electron chi connectivity index (χ1n) is 6.19. The molecule has 0 aliphatic rings. The van der Waals surface area contributed by atoms with Crippen LogP contribution in [0, 0.1) is 0 Å². The maximum atomic E-state index is 5.51. The van der Waals surface area contributed by atoms with Crippen LogP contribution in [0.15, 0.2) is 12.1 Å². The lowest BCUT2D eigenvalue weighted by atomic mass is 10.0. The second kappa shape index (κ2) is 7.95. The number of benzene rings is 1. The van der Waals surface area contributed by atoms with Crippen molar-refractivity contribution in [3.63, 3.8) is 0 Å². The Hall–Kier alpha value is -1.26. The lowest BCUT2D eigenvalue weighted by Crippen LogP contribution is -2.02. The molecule has 0 saturated heterocycles. The number of aryl methyl sites for hydroxylation is 1. The Labute approximate surface area is 109 Å². The molecule has 0 bridgehead atoms. The topological polar surface area (TPSA) is 53.7 Å². The van der Waals surface area contributed by atoms with E-state index in [1.807, 2.05) is 6.07 Å². The average molecular weight is 253 g/mol. The van der Waals surface area contributed by atoms with E-state index in [4.69, 9.17) is 19.9 Å². The molecule has 1 rings (SSSR count). The molecule has 0 unspecified atom stereocenters. The summed E-state index contributed by atoms with van der Waals surface area (Å²) in [6.07, 6.45) is 3.11. The van der Waals surface area contributed by atoms with Crippen molar-refractivity contribution in [3.8, 4) is 11.5 Å². The van der Waals surface area contributed by atoms with Gasteiger partial charge < -0.3 is 19.9 Å². The van der Waals surface area contributed by atoms with Crippen molar-refractivity contribution < 1.29 is 14.2 Å². The van der Waals surface area contributed by atoms with Crippen molar-refractivity contribution in [3.05, 3.63) is 23.3 Å². The minimum Gasteiger partial charge on any atom is -0.493 e. The van der Waals surface area contributed by atoms with E-state index in [0.29, 0.717) is 6.61 Å². The molecule has 4 heteroatoms. The number of hydrogen-bond acceptors (Lipinski definition) is 4. The Bertz CT molecular complexity index is 366. The summed E-state index contributed by atoms with van der Waals surface area (Å²) < 4.78 is 15.9. The van der Waals surface area contributed by atoms with Crippen molar-refractivity contribution in [2.75, 3.05) is 27.9 Å². The van der Waals surface area contributed by atoms with Crippen LogP contribution in [0.1, 0.15) is 24.0 Å². The van der Waals surface area contributed by atoms with Gasteiger partial charge in [0.25, 0.3) is 0 Å². The molecule has 4 nitrogen and oxygen atoms in total. The monoisotopic (exact) mass is 253 g/mol. The molecule has 102 valence electrons. The highest BCUT2D eigenvalue weighted by atomic mass is 16.5. The number of nitrogens with two attached hydrogens (primary N) is 1. The molecule has 0 amide bonds. The molecular weight excluding hydrogens is 230 g/mol. The molecule has 0 heterocycles. The average Bonchev–Trinajstić information content (AvgIpc) is 2.39. The van der Waals surface area contributed by atoms with Gasteiger partial charge in [0.05, 0.1) is 20.8 Å². The van der Waals surface area contributed by atoms with Crippen LogP contribution in [-0.4, -0.2) is 27.9 Å². The highest BCUT2D eigenvalue weighted by Gasteiger charge is 2.12. The van der Waals surface area contributed by atoms with Gasteiger partial charge in [-0.3, -0.25) is 0 Å². The van der Waals surface area contributed by atoms with E-state index in [1.165, 1.54) is 5.56 Å².